The zero-order valence-corrected chi connectivity index (χ0v) is 10.9. The van der Waals surface area contributed by atoms with Gasteiger partial charge in [-0.1, -0.05) is 6.92 Å². The third-order valence-corrected chi connectivity index (χ3v) is 3.92. The van der Waals surface area contributed by atoms with Crippen LogP contribution in [0.25, 0.3) is 11.0 Å². The number of fused-ring (bicyclic) bond motifs is 1. The lowest BCUT2D eigenvalue weighted by molar-refractivity contribution is 0.0697. The minimum atomic E-state index is -1.07. The van der Waals surface area contributed by atoms with Gasteiger partial charge in [0.2, 0.25) is 0 Å². The molecule has 0 radical (unpaired) electrons. The van der Waals surface area contributed by atoms with Crippen molar-refractivity contribution in [3.8, 4) is 0 Å². The standard InChI is InChI=1S/C14H14N2O4/c1-7-4-9(7)6-16-11-3-2-8(14(19)20)5-10(11)15-12(17)13(16)18/h2-3,5,7,9H,4,6H2,1H3,(H,15,17)(H,19,20). The molecule has 2 aromatic rings. The molecule has 1 aliphatic carbocycles. The van der Waals surface area contributed by atoms with E-state index in [-0.39, 0.29) is 5.56 Å². The minimum absolute atomic E-state index is 0.0816. The van der Waals surface area contributed by atoms with E-state index in [1.807, 2.05) is 0 Å². The highest BCUT2D eigenvalue weighted by Crippen LogP contribution is 2.38. The van der Waals surface area contributed by atoms with Crippen molar-refractivity contribution in [3.05, 3.63) is 44.5 Å². The van der Waals surface area contributed by atoms with Crippen molar-refractivity contribution in [1.82, 2.24) is 9.55 Å². The van der Waals surface area contributed by atoms with E-state index < -0.39 is 17.1 Å². The van der Waals surface area contributed by atoms with Gasteiger partial charge >= 0.3 is 17.1 Å². The first-order valence-corrected chi connectivity index (χ1v) is 6.47. The third kappa shape index (κ3) is 2.03. The highest BCUT2D eigenvalue weighted by atomic mass is 16.4. The summed E-state index contributed by atoms with van der Waals surface area (Å²) < 4.78 is 1.45. The predicted octanol–water partition coefficient (Wildman–Crippen LogP) is 1.04. The molecular formula is C14H14N2O4. The van der Waals surface area contributed by atoms with Crippen LogP contribution in [0.1, 0.15) is 23.7 Å². The van der Waals surface area contributed by atoms with E-state index in [0.717, 1.165) is 6.42 Å². The molecular weight excluding hydrogens is 260 g/mol. The molecule has 1 heterocycles. The zero-order chi connectivity index (χ0) is 14.4. The average Bonchev–Trinajstić information content (AvgIpc) is 3.10. The van der Waals surface area contributed by atoms with Crippen molar-refractivity contribution < 1.29 is 9.90 Å². The number of carboxylic acid groups (broad SMARTS) is 1. The lowest BCUT2D eigenvalue weighted by Crippen LogP contribution is -2.36. The first-order valence-electron chi connectivity index (χ1n) is 6.47. The monoisotopic (exact) mass is 274 g/mol. The molecule has 104 valence electrons. The summed E-state index contributed by atoms with van der Waals surface area (Å²) in [6.07, 6.45) is 1.05. The van der Waals surface area contributed by atoms with Gasteiger partial charge in [-0.2, -0.15) is 0 Å². The zero-order valence-electron chi connectivity index (χ0n) is 10.9. The van der Waals surface area contributed by atoms with Crippen molar-refractivity contribution in [2.45, 2.75) is 19.9 Å². The summed E-state index contributed by atoms with van der Waals surface area (Å²) in [4.78, 5) is 37.1. The van der Waals surface area contributed by atoms with E-state index in [0.29, 0.717) is 29.4 Å². The maximum atomic E-state index is 12.0. The summed E-state index contributed by atoms with van der Waals surface area (Å²) in [5.41, 5.74) is -0.271. The van der Waals surface area contributed by atoms with Gasteiger partial charge in [0, 0.05) is 6.54 Å². The molecule has 3 rings (SSSR count). The number of benzene rings is 1. The average molecular weight is 274 g/mol. The summed E-state index contributed by atoms with van der Waals surface area (Å²) in [5.74, 6) is -0.0901. The van der Waals surface area contributed by atoms with E-state index >= 15 is 0 Å². The molecule has 0 bridgehead atoms. The Morgan fingerprint density at radius 2 is 2.15 bits per heavy atom. The Kier molecular flexibility index (Phi) is 2.74. The summed E-state index contributed by atoms with van der Waals surface area (Å²) in [6, 6.07) is 4.39. The van der Waals surface area contributed by atoms with Crippen LogP contribution in [-0.4, -0.2) is 20.6 Å². The van der Waals surface area contributed by atoms with Crippen LogP contribution in [-0.2, 0) is 6.54 Å². The molecule has 6 nitrogen and oxygen atoms in total. The Labute approximate surface area is 113 Å². The molecule has 0 saturated heterocycles. The highest BCUT2D eigenvalue weighted by molar-refractivity contribution is 5.92. The molecule has 0 amide bonds. The maximum absolute atomic E-state index is 12.0. The van der Waals surface area contributed by atoms with Crippen LogP contribution in [0.4, 0.5) is 0 Å². The third-order valence-electron chi connectivity index (χ3n) is 3.92. The quantitative estimate of drug-likeness (QED) is 0.818. The smallest absolute Gasteiger partial charge is 0.335 e. The fraction of sp³-hybridized carbons (Fsp3) is 0.357. The number of aromatic amines is 1. The molecule has 6 heteroatoms. The molecule has 1 aromatic heterocycles. The Bertz CT molecular complexity index is 818. The summed E-state index contributed by atoms with van der Waals surface area (Å²) in [6.45, 7) is 2.61. The van der Waals surface area contributed by atoms with Crippen LogP contribution in [0.3, 0.4) is 0 Å². The number of nitrogens with one attached hydrogen (secondary N) is 1. The Morgan fingerprint density at radius 3 is 2.75 bits per heavy atom. The van der Waals surface area contributed by atoms with E-state index in [1.165, 1.54) is 16.7 Å². The Balaban J connectivity index is 2.21. The number of carboxylic acids is 1. The van der Waals surface area contributed by atoms with Crippen LogP contribution in [0.2, 0.25) is 0 Å². The van der Waals surface area contributed by atoms with Gasteiger partial charge in [-0.3, -0.25) is 9.59 Å². The Morgan fingerprint density at radius 1 is 1.45 bits per heavy atom. The molecule has 1 aliphatic rings. The molecule has 1 aromatic carbocycles. The van der Waals surface area contributed by atoms with Crippen molar-refractivity contribution in [2.75, 3.05) is 0 Å². The van der Waals surface area contributed by atoms with Gasteiger partial charge < -0.3 is 14.7 Å². The van der Waals surface area contributed by atoms with Crippen LogP contribution < -0.4 is 11.1 Å². The fourth-order valence-electron chi connectivity index (χ4n) is 2.48. The predicted molar refractivity (Wildman–Crippen MR) is 73.1 cm³/mol. The van der Waals surface area contributed by atoms with Crippen molar-refractivity contribution in [3.63, 3.8) is 0 Å². The minimum Gasteiger partial charge on any atom is -0.478 e. The normalized spacial score (nSPS) is 21.1. The second-order valence-electron chi connectivity index (χ2n) is 5.38. The van der Waals surface area contributed by atoms with Crippen LogP contribution >= 0.6 is 0 Å². The molecule has 1 saturated carbocycles. The van der Waals surface area contributed by atoms with Gasteiger partial charge in [-0.05, 0) is 36.5 Å². The molecule has 0 spiro atoms. The van der Waals surface area contributed by atoms with Crippen LogP contribution in [0.15, 0.2) is 27.8 Å². The molecule has 2 unspecified atom stereocenters. The van der Waals surface area contributed by atoms with Gasteiger partial charge in [0.05, 0.1) is 16.6 Å². The fourth-order valence-corrected chi connectivity index (χ4v) is 2.48. The highest BCUT2D eigenvalue weighted by Gasteiger charge is 2.33. The first-order chi connectivity index (χ1) is 9.47. The number of hydrogen-bond donors (Lipinski definition) is 2. The van der Waals surface area contributed by atoms with Gasteiger partial charge in [-0.25, -0.2) is 4.79 Å². The van der Waals surface area contributed by atoms with E-state index in [9.17, 15) is 14.4 Å². The number of H-pyrrole nitrogens is 1. The molecule has 1 fully saturated rings. The lowest BCUT2D eigenvalue weighted by Gasteiger charge is -2.09. The van der Waals surface area contributed by atoms with Crippen molar-refractivity contribution in [2.24, 2.45) is 11.8 Å². The van der Waals surface area contributed by atoms with E-state index in [2.05, 4.69) is 11.9 Å². The van der Waals surface area contributed by atoms with Gasteiger partial charge in [0.1, 0.15) is 0 Å². The topological polar surface area (TPSA) is 92.2 Å². The molecule has 20 heavy (non-hydrogen) atoms. The lowest BCUT2D eigenvalue weighted by atomic mass is 10.2. The van der Waals surface area contributed by atoms with Gasteiger partial charge in [0.25, 0.3) is 0 Å². The van der Waals surface area contributed by atoms with Gasteiger partial charge in [0.15, 0.2) is 0 Å². The maximum Gasteiger partial charge on any atom is 0.335 e. The van der Waals surface area contributed by atoms with Crippen LogP contribution in [0, 0.1) is 11.8 Å². The number of nitrogens with zero attached hydrogens (tertiary/aromatic N) is 1. The molecule has 2 atom stereocenters. The van der Waals surface area contributed by atoms with Crippen molar-refractivity contribution >= 4 is 17.0 Å². The summed E-state index contributed by atoms with van der Waals surface area (Å²) in [7, 11) is 0. The number of aromatic carboxylic acids is 1. The second kappa shape index (κ2) is 4.33. The van der Waals surface area contributed by atoms with E-state index in [1.54, 1.807) is 6.07 Å². The first kappa shape index (κ1) is 12.7. The largest absolute Gasteiger partial charge is 0.478 e. The number of carbonyl (C=O) groups is 1. The van der Waals surface area contributed by atoms with Crippen LogP contribution in [0.5, 0.6) is 0 Å². The SMILES string of the molecule is CC1CC1Cn1c(=O)c(=O)[nH]c2cc(C(=O)O)ccc21. The number of hydrogen-bond acceptors (Lipinski definition) is 3. The molecule has 0 aliphatic heterocycles. The summed E-state index contributed by atoms with van der Waals surface area (Å²) >= 11 is 0. The number of rotatable bonds is 3. The summed E-state index contributed by atoms with van der Waals surface area (Å²) in [5, 5.41) is 8.97. The van der Waals surface area contributed by atoms with E-state index in [4.69, 9.17) is 5.11 Å². The second-order valence-corrected chi connectivity index (χ2v) is 5.38. The number of aromatic nitrogens is 2. The Hall–Kier alpha value is -2.37. The van der Waals surface area contributed by atoms with Gasteiger partial charge in [-0.15, -0.1) is 0 Å². The van der Waals surface area contributed by atoms with Crippen molar-refractivity contribution in [1.29, 1.82) is 0 Å². The molecule has 2 N–H and O–H groups in total.